The SMILES string of the molecule is CC(NC(=O)C(C)(C)C)C(=O)NC[C@@H](C)O. The van der Waals surface area contributed by atoms with Gasteiger partial charge < -0.3 is 15.7 Å². The highest BCUT2D eigenvalue weighted by atomic mass is 16.3. The fourth-order valence-corrected chi connectivity index (χ4v) is 0.880. The molecule has 0 rings (SSSR count). The molecule has 5 nitrogen and oxygen atoms in total. The van der Waals surface area contributed by atoms with Crippen LogP contribution in [0, 0.1) is 5.41 Å². The second-order valence-electron chi connectivity index (χ2n) is 5.04. The summed E-state index contributed by atoms with van der Waals surface area (Å²) in [4.78, 5) is 23.1. The number of aliphatic hydroxyl groups is 1. The molecule has 0 heterocycles. The number of carbonyl (C=O) groups is 2. The number of hydrogen-bond donors (Lipinski definition) is 3. The van der Waals surface area contributed by atoms with Crippen LogP contribution < -0.4 is 10.6 Å². The van der Waals surface area contributed by atoms with Crippen LogP contribution in [0.4, 0.5) is 0 Å². The lowest BCUT2D eigenvalue weighted by atomic mass is 9.95. The molecule has 5 heteroatoms. The molecule has 16 heavy (non-hydrogen) atoms. The fraction of sp³-hybridized carbons (Fsp3) is 0.818. The second-order valence-corrected chi connectivity index (χ2v) is 5.04. The maximum absolute atomic E-state index is 11.6. The van der Waals surface area contributed by atoms with Crippen molar-refractivity contribution in [3.8, 4) is 0 Å². The van der Waals surface area contributed by atoms with Crippen molar-refractivity contribution in [3.63, 3.8) is 0 Å². The molecule has 0 aromatic carbocycles. The zero-order chi connectivity index (χ0) is 12.9. The molecule has 94 valence electrons. The molecule has 0 radical (unpaired) electrons. The highest BCUT2D eigenvalue weighted by molar-refractivity contribution is 5.89. The number of carbonyl (C=O) groups excluding carboxylic acids is 2. The van der Waals surface area contributed by atoms with Gasteiger partial charge in [-0.25, -0.2) is 0 Å². The first-order chi connectivity index (χ1) is 7.14. The quantitative estimate of drug-likeness (QED) is 0.638. The van der Waals surface area contributed by atoms with Gasteiger partial charge in [-0.05, 0) is 13.8 Å². The van der Waals surface area contributed by atoms with Gasteiger partial charge >= 0.3 is 0 Å². The zero-order valence-electron chi connectivity index (χ0n) is 10.6. The van der Waals surface area contributed by atoms with E-state index in [1.807, 2.05) is 0 Å². The number of aliphatic hydroxyl groups excluding tert-OH is 1. The van der Waals surface area contributed by atoms with Crippen molar-refractivity contribution >= 4 is 11.8 Å². The van der Waals surface area contributed by atoms with E-state index in [0.717, 1.165) is 0 Å². The third-order valence-corrected chi connectivity index (χ3v) is 1.99. The summed E-state index contributed by atoms with van der Waals surface area (Å²) in [5.41, 5.74) is -0.515. The van der Waals surface area contributed by atoms with Crippen LogP contribution in [0.25, 0.3) is 0 Å². The van der Waals surface area contributed by atoms with Crippen LogP contribution >= 0.6 is 0 Å². The lowest BCUT2D eigenvalue weighted by Crippen LogP contribution is -2.49. The van der Waals surface area contributed by atoms with Gasteiger partial charge in [0.2, 0.25) is 11.8 Å². The maximum Gasteiger partial charge on any atom is 0.242 e. The largest absolute Gasteiger partial charge is 0.392 e. The van der Waals surface area contributed by atoms with E-state index in [-0.39, 0.29) is 18.4 Å². The number of amides is 2. The Kier molecular flexibility index (Phi) is 5.44. The van der Waals surface area contributed by atoms with Gasteiger partial charge in [0.1, 0.15) is 6.04 Å². The van der Waals surface area contributed by atoms with Gasteiger partial charge in [0.05, 0.1) is 6.10 Å². The molecule has 2 amide bonds. The van der Waals surface area contributed by atoms with E-state index in [1.165, 1.54) is 0 Å². The van der Waals surface area contributed by atoms with Crippen LogP contribution in [0.3, 0.4) is 0 Å². The van der Waals surface area contributed by atoms with Crippen molar-refractivity contribution < 1.29 is 14.7 Å². The first kappa shape index (κ1) is 14.9. The fourth-order valence-electron chi connectivity index (χ4n) is 0.880. The Balaban J connectivity index is 4.11. The van der Waals surface area contributed by atoms with E-state index in [1.54, 1.807) is 34.6 Å². The molecule has 0 aromatic heterocycles. The van der Waals surface area contributed by atoms with Gasteiger partial charge in [0.25, 0.3) is 0 Å². The third kappa shape index (κ3) is 5.70. The average Bonchev–Trinajstić information content (AvgIpc) is 2.12. The Bertz CT molecular complexity index is 256. The van der Waals surface area contributed by atoms with Crippen LogP contribution in [-0.4, -0.2) is 35.6 Å². The van der Waals surface area contributed by atoms with E-state index in [0.29, 0.717) is 0 Å². The van der Waals surface area contributed by atoms with Crippen LogP contribution in [0.1, 0.15) is 34.6 Å². The van der Waals surface area contributed by atoms with Crippen molar-refractivity contribution in [1.82, 2.24) is 10.6 Å². The van der Waals surface area contributed by atoms with Crippen molar-refractivity contribution in [2.24, 2.45) is 5.41 Å². The third-order valence-electron chi connectivity index (χ3n) is 1.99. The minimum Gasteiger partial charge on any atom is -0.392 e. The van der Waals surface area contributed by atoms with Crippen molar-refractivity contribution in [1.29, 1.82) is 0 Å². The average molecular weight is 230 g/mol. The maximum atomic E-state index is 11.6. The molecule has 3 N–H and O–H groups in total. The van der Waals surface area contributed by atoms with Gasteiger partial charge in [-0.2, -0.15) is 0 Å². The monoisotopic (exact) mass is 230 g/mol. The Morgan fingerprint density at radius 1 is 1.25 bits per heavy atom. The van der Waals surface area contributed by atoms with Gasteiger partial charge in [-0.1, -0.05) is 20.8 Å². The molecule has 2 atom stereocenters. The molecule has 0 spiro atoms. The van der Waals surface area contributed by atoms with E-state index in [2.05, 4.69) is 10.6 Å². The van der Waals surface area contributed by atoms with E-state index < -0.39 is 17.6 Å². The molecule has 0 aliphatic heterocycles. The highest BCUT2D eigenvalue weighted by Gasteiger charge is 2.24. The zero-order valence-corrected chi connectivity index (χ0v) is 10.6. The van der Waals surface area contributed by atoms with Gasteiger partial charge in [-0.3, -0.25) is 9.59 Å². The molecule has 1 unspecified atom stereocenters. The second kappa shape index (κ2) is 5.84. The summed E-state index contributed by atoms with van der Waals surface area (Å²) in [6.07, 6.45) is -0.588. The van der Waals surface area contributed by atoms with Crippen LogP contribution in [0.15, 0.2) is 0 Å². The van der Waals surface area contributed by atoms with Gasteiger partial charge in [-0.15, -0.1) is 0 Å². The van der Waals surface area contributed by atoms with E-state index >= 15 is 0 Å². The highest BCUT2D eigenvalue weighted by Crippen LogP contribution is 2.12. The standard InChI is InChI=1S/C11H22N2O3/c1-7(14)6-12-9(15)8(2)13-10(16)11(3,4)5/h7-8,14H,6H2,1-5H3,(H,12,15)(H,13,16)/t7-,8?/m1/s1. The molecule has 0 saturated heterocycles. The summed E-state index contributed by atoms with van der Waals surface area (Å²) in [6, 6.07) is -0.592. The summed E-state index contributed by atoms with van der Waals surface area (Å²) in [6.45, 7) is 8.72. The summed E-state index contributed by atoms with van der Waals surface area (Å²) < 4.78 is 0. The first-order valence-corrected chi connectivity index (χ1v) is 5.41. The summed E-state index contributed by atoms with van der Waals surface area (Å²) in [5, 5.41) is 14.1. The lowest BCUT2D eigenvalue weighted by Gasteiger charge is -2.21. The first-order valence-electron chi connectivity index (χ1n) is 5.41. The summed E-state index contributed by atoms with van der Waals surface area (Å²) in [5.74, 6) is -0.467. The minimum absolute atomic E-state index is 0.174. The predicted octanol–water partition coefficient (Wildman–Crippen LogP) is 0.0342. The van der Waals surface area contributed by atoms with Crippen LogP contribution in [0.2, 0.25) is 0 Å². The molecule has 0 aliphatic rings. The Hall–Kier alpha value is -1.10. The molecule has 0 saturated carbocycles. The lowest BCUT2D eigenvalue weighted by molar-refractivity contribution is -0.133. The Morgan fingerprint density at radius 2 is 1.75 bits per heavy atom. The molecular weight excluding hydrogens is 208 g/mol. The van der Waals surface area contributed by atoms with Crippen molar-refractivity contribution in [3.05, 3.63) is 0 Å². The molecule has 0 aromatic rings. The Morgan fingerprint density at radius 3 is 2.12 bits per heavy atom. The molecule has 0 fully saturated rings. The topological polar surface area (TPSA) is 78.4 Å². The van der Waals surface area contributed by atoms with Gasteiger partial charge in [0, 0.05) is 12.0 Å². The Labute approximate surface area is 96.6 Å². The van der Waals surface area contributed by atoms with Crippen LogP contribution in [-0.2, 0) is 9.59 Å². The van der Waals surface area contributed by atoms with E-state index in [9.17, 15) is 9.59 Å². The molecular formula is C11H22N2O3. The van der Waals surface area contributed by atoms with E-state index in [4.69, 9.17) is 5.11 Å². The summed E-state index contributed by atoms with van der Waals surface area (Å²) in [7, 11) is 0. The van der Waals surface area contributed by atoms with Crippen molar-refractivity contribution in [2.45, 2.75) is 46.8 Å². The molecule has 0 aliphatic carbocycles. The number of rotatable bonds is 4. The minimum atomic E-state index is -0.592. The normalized spacial score (nSPS) is 15.1. The molecule has 0 bridgehead atoms. The predicted molar refractivity (Wildman–Crippen MR) is 61.8 cm³/mol. The van der Waals surface area contributed by atoms with Gasteiger partial charge in [0.15, 0.2) is 0 Å². The number of nitrogens with one attached hydrogen (secondary N) is 2. The number of hydrogen-bond acceptors (Lipinski definition) is 3. The summed E-state index contributed by atoms with van der Waals surface area (Å²) >= 11 is 0. The van der Waals surface area contributed by atoms with Crippen LogP contribution in [0.5, 0.6) is 0 Å². The smallest absolute Gasteiger partial charge is 0.242 e. The van der Waals surface area contributed by atoms with Crippen molar-refractivity contribution in [2.75, 3.05) is 6.54 Å².